The average Bonchev–Trinajstić information content (AvgIpc) is 2.72. The van der Waals surface area contributed by atoms with Gasteiger partial charge >= 0.3 is 0 Å². The van der Waals surface area contributed by atoms with Crippen LogP contribution in [0.25, 0.3) is 11.8 Å². The van der Waals surface area contributed by atoms with Crippen LogP contribution < -0.4 is 0 Å². The van der Waals surface area contributed by atoms with E-state index in [0.29, 0.717) is 0 Å². The normalized spacial score (nSPS) is 9.65. The Morgan fingerprint density at radius 3 is 2.30 bits per heavy atom. The SMILES string of the molecule is Cc1cc(C=C(C#N)C#N)c(C)n1-c1ccc(Br)cc1. The Hall–Kier alpha value is -2.30. The number of benzene rings is 1. The van der Waals surface area contributed by atoms with E-state index in [2.05, 4.69) is 20.5 Å². The van der Waals surface area contributed by atoms with Crippen LogP contribution in [0.1, 0.15) is 17.0 Å². The molecular weight excluding hydrogens is 314 g/mol. The number of aromatic nitrogens is 1. The molecule has 2 aromatic rings. The third-order valence-corrected chi connectivity index (χ3v) is 3.62. The number of halogens is 1. The summed E-state index contributed by atoms with van der Waals surface area (Å²) >= 11 is 3.42. The van der Waals surface area contributed by atoms with Gasteiger partial charge in [-0.15, -0.1) is 0 Å². The van der Waals surface area contributed by atoms with Gasteiger partial charge in [-0.2, -0.15) is 10.5 Å². The number of rotatable bonds is 2. The first-order valence-corrected chi connectivity index (χ1v) is 6.83. The second kappa shape index (κ2) is 5.77. The van der Waals surface area contributed by atoms with Crippen LogP contribution in [-0.4, -0.2) is 4.57 Å². The third-order valence-electron chi connectivity index (χ3n) is 3.10. The van der Waals surface area contributed by atoms with Crippen LogP contribution in [-0.2, 0) is 0 Å². The number of hydrogen-bond donors (Lipinski definition) is 0. The van der Waals surface area contributed by atoms with Crippen LogP contribution in [0.2, 0.25) is 0 Å². The van der Waals surface area contributed by atoms with Crippen molar-refractivity contribution in [1.82, 2.24) is 4.57 Å². The van der Waals surface area contributed by atoms with Crippen LogP contribution in [0, 0.1) is 36.5 Å². The third kappa shape index (κ3) is 2.66. The van der Waals surface area contributed by atoms with Crippen molar-refractivity contribution in [2.75, 3.05) is 0 Å². The molecule has 0 bridgehead atoms. The molecule has 0 N–H and O–H groups in total. The maximum atomic E-state index is 8.85. The monoisotopic (exact) mass is 325 g/mol. The van der Waals surface area contributed by atoms with Gasteiger partial charge in [0.1, 0.15) is 17.7 Å². The quantitative estimate of drug-likeness (QED) is 0.773. The standard InChI is InChI=1S/C16H12BrN3/c1-11-7-14(8-13(9-18)10-19)12(2)20(11)16-5-3-15(17)4-6-16/h3-8H,1-2H3. The molecule has 1 aromatic heterocycles. The van der Waals surface area contributed by atoms with E-state index in [-0.39, 0.29) is 5.57 Å². The summed E-state index contributed by atoms with van der Waals surface area (Å²) in [5.74, 6) is 0. The van der Waals surface area contributed by atoms with E-state index >= 15 is 0 Å². The lowest BCUT2D eigenvalue weighted by molar-refractivity contribution is 0.964. The van der Waals surface area contributed by atoms with Gasteiger partial charge in [-0.05, 0) is 55.8 Å². The van der Waals surface area contributed by atoms with Crippen molar-refractivity contribution >= 4 is 22.0 Å². The maximum Gasteiger partial charge on any atom is 0.130 e. The molecule has 0 unspecified atom stereocenters. The highest BCUT2D eigenvalue weighted by Gasteiger charge is 2.10. The van der Waals surface area contributed by atoms with E-state index in [1.807, 2.05) is 56.3 Å². The summed E-state index contributed by atoms with van der Waals surface area (Å²) < 4.78 is 3.13. The fourth-order valence-corrected chi connectivity index (χ4v) is 2.43. The average molecular weight is 326 g/mol. The van der Waals surface area contributed by atoms with Crippen LogP contribution in [0.4, 0.5) is 0 Å². The van der Waals surface area contributed by atoms with Crippen molar-refractivity contribution in [1.29, 1.82) is 10.5 Å². The van der Waals surface area contributed by atoms with Crippen molar-refractivity contribution in [3.8, 4) is 17.8 Å². The Morgan fingerprint density at radius 1 is 1.15 bits per heavy atom. The van der Waals surface area contributed by atoms with Crippen LogP contribution in [0.3, 0.4) is 0 Å². The van der Waals surface area contributed by atoms with E-state index in [4.69, 9.17) is 10.5 Å². The highest BCUT2D eigenvalue weighted by molar-refractivity contribution is 9.10. The van der Waals surface area contributed by atoms with Crippen molar-refractivity contribution < 1.29 is 0 Å². The molecule has 0 saturated carbocycles. The summed E-state index contributed by atoms with van der Waals surface area (Å²) in [5, 5.41) is 17.7. The zero-order valence-electron chi connectivity index (χ0n) is 11.2. The van der Waals surface area contributed by atoms with Crippen LogP contribution in [0.5, 0.6) is 0 Å². The summed E-state index contributed by atoms with van der Waals surface area (Å²) in [6.45, 7) is 3.98. The largest absolute Gasteiger partial charge is 0.318 e. The summed E-state index contributed by atoms with van der Waals surface area (Å²) in [7, 11) is 0. The fourth-order valence-electron chi connectivity index (χ4n) is 2.17. The number of nitriles is 2. The first kappa shape index (κ1) is 14.1. The molecule has 0 aliphatic carbocycles. The molecule has 0 radical (unpaired) electrons. The molecular formula is C16H12BrN3. The van der Waals surface area contributed by atoms with Crippen molar-refractivity contribution in [3.05, 3.63) is 57.3 Å². The molecule has 0 aliphatic heterocycles. The van der Waals surface area contributed by atoms with Gasteiger partial charge in [-0.25, -0.2) is 0 Å². The second-order valence-electron chi connectivity index (χ2n) is 4.42. The molecule has 0 atom stereocenters. The lowest BCUT2D eigenvalue weighted by Crippen LogP contribution is -1.98. The maximum absolute atomic E-state index is 8.85. The number of aryl methyl sites for hydroxylation is 1. The fraction of sp³-hybridized carbons (Fsp3) is 0.125. The summed E-state index contributed by atoms with van der Waals surface area (Å²) in [4.78, 5) is 0. The van der Waals surface area contributed by atoms with E-state index in [9.17, 15) is 0 Å². The van der Waals surface area contributed by atoms with Crippen molar-refractivity contribution in [2.45, 2.75) is 13.8 Å². The topological polar surface area (TPSA) is 52.5 Å². The van der Waals surface area contributed by atoms with E-state index in [0.717, 1.165) is 27.1 Å². The summed E-state index contributed by atoms with van der Waals surface area (Å²) in [6.07, 6.45) is 1.62. The van der Waals surface area contributed by atoms with Crippen molar-refractivity contribution in [3.63, 3.8) is 0 Å². The highest BCUT2D eigenvalue weighted by atomic mass is 79.9. The van der Waals surface area contributed by atoms with Gasteiger partial charge < -0.3 is 4.57 Å². The van der Waals surface area contributed by atoms with Gasteiger partial charge in [-0.3, -0.25) is 0 Å². The van der Waals surface area contributed by atoms with Crippen LogP contribution in [0.15, 0.2) is 40.4 Å². The van der Waals surface area contributed by atoms with Crippen LogP contribution >= 0.6 is 15.9 Å². The second-order valence-corrected chi connectivity index (χ2v) is 5.34. The lowest BCUT2D eigenvalue weighted by atomic mass is 10.1. The Balaban J connectivity index is 2.56. The molecule has 3 nitrogen and oxygen atoms in total. The van der Waals surface area contributed by atoms with Gasteiger partial charge in [0.05, 0.1) is 0 Å². The summed E-state index contributed by atoms with van der Waals surface area (Å²) in [5.41, 5.74) is 4.13. The smallest absolute Gasteiger partial charge is 0.130 e. The van der Waals surface area contributed by atoms with Gasteiger partial charge in [0, 0.05) is 21.5 Å². The molecule has 0 saturated heterocycles. The van der Waals surface area contributed by atoms with E-state index < -0.39 is 0 Å². The molecule has 4 heteroatoms. The Kier molecular flexibility index (Phi) is 4.08. The minimum Gasteiger partial charge on any atom is -0.318 e. The molecule has 20 heavy (non-hydrogen) atoms. The molecule has 0 fully saturated rings. The molecule has 2 rings (SSSR count). The minimum absolute atomic E-state index is 0.112. The first-order valence-electron chi connectivity index (χ1n) is 6.03. The number of hydrogen-bond acceptors (Lipinski definition) is 2. The zero-order valence-corrected chi connectivity index (χ0v) is 12.8. The molecule has 1 heterocycles. The minimum atomic E-state index is 0.112. The van der Waals surface area contributed by atoms with Gasteiger partial charge in [0.25, 0.3) is 0 Å². The number of allylic oxidation sites excluding steroid dienone is 1. The van der Waals surface area contributed by atoms with E-state index in [1.165, 1.54) is 0 Å². The molecule has 0 aliphatic rings. The molecule has 98 valence electrons. The summed E-state index contributed by atoms with van der Waals surface area (Å²) in [6, 6.07) is 13.8. The highest BCUT2D eigenvalue weighted by Crippen LogP contribution is 2.23. The Labute approximate surface area is 126 Å². The van der Waals surface area contributed by atoms with E-state index in [1.54, 1.807) is 6.08 Å². The predicted octanol–water partition coefficient (Wildman–Crippen LogP) is 4.29. The number of nitrogens with zero attached hydrogens (tertiary/aromatic N) is 3. The first-order chi connectivity index (χ1) is 9.56. The molecule has 1 aromatic carbocycles. The van der Waals surface area contributed by atoms with Gasteiger partial charge in [-0.1, -0.05) is 15.9 Å². The Morgan fingerprint density at radius 2 is 1.75 bits per heavy atom. The predicted molar refractivity (Wildman–Crippen MR) is 82.1 cm³/mol. The molecule has 0 spiro atoms. The Bertz CT molecular complexity index is 737. The molecule has 0 amide bonds. The van der Waals surface area contributed by atoms with Gasteiger partial charge in [0.15, 0.2) is 0 Å². The van der Waals surface area contributed by atoms with Crippen molar-refractivity contribution in [2.24, 2.45) is 0 Å². The zero-order chi connectivity index (χ0) is 14.7. The lowest BCUT2D eigenvalue weighted by Gasteiger charge is -2.09. The van der Waals surface area contributed by atoms with Gasteiger partial charge in [0.2, 0.25) is 0 Å².